The van der Waals surface area contributed by atoms with Crippen LogP contribution in [0.25, 0.3) is 0 Å². The van der Waals surface area contributed by atoms with Gasteiger partial charge in [-0.15, -0.1) is 6.42 Å². The quantitative estimate of drug-likeness (QED) is 0.758. The van der Waals surface area contributed by atoms with E-state index in [1.54, 1.807) is 19.9 Å². The second kappa shape index (κ2) is 4.47. The molecule has 1 aromatic rings. The lowest BCUT2D eigenvalue weighted by Gasteiger charge is -2.08. The summed E-state index contributed by atoms with van der Waals surface area (Å²) in [5, 5.41) is 8.97. The van der Waals surface area contributed by atoms with Crippen molar-refractivity contribution >= 4 is 5.97 Å². The van der Waals surface area contributed by atoms with E-state index in [2.05, 4.69) is 10.9 Å². The van der Waals surface area contributed by atoms with Crippen molar-refractivity contribution in [3.63, 3.8) is 0 Å². The summed E-state index contributed by atoms with van der Waals surface area (Å²) >= 11 is 0. The number of carboxylic acids is 1. The first-order chi connectivity index (χ1) is 7.06. The van der Waals surface area contributed by atoms with E-state index < -0.39 is 5.97 Å². The Kier molecular flexibility index (Phi) is 3.29. The van der Waals surface area contributed by atoms with Crippen LogP contribution in [0.3, 0.4) is 0 Å². The van der Waals surface area contributed by atoms with Gasteiger partial charge in [0, 0.05) is 5.69 Å². The van der Waals surface area contributed by atoms with Gasteiger partial charge in [-0.25, -0.2) is 9.78 Å². The fourth-order valence-corrected chi connectivity index (χ4v) is 1.28. The summed E-state index contributed by atoms with van der Waals surface area (Å²) in [7, 11) is 0. The van der Waals surface area contributed by atoms with E-state index in [0.717, 1.165) is 0 Å². The number of terminal acetylenes is 1. The van der Waals surface area contributed by atoms with E-state index in [4.69, 9.17) is 16.3 Å². The van der Waals surface area contributed by atoms with Gasteiger partial charge < -0.3 is 9.84 Å². The number of rotatable bonds is 3. The van der Waals surface area contributed by atoms with Gasteiger partial charge in [0.05, 0.1) is 0 Å². The van der Waals surface area contributed by atoms with Crippen molar-refractivity contribution < 1.29 is 14.6 Å². The lowest BCUT2D eigenvalue weighted by molar-refractivity contribution is 0.0691. The molecule has 0 saturated heterocycles. The summed E-state index contributed by atoms with van der Waals surface area (Å²) in [6.07, 6.45) is 5.03. The van der Waals surface area contributed by atoms with E-state index >= 15 is 0 Å². The molecular formula is C11H11NO3. The van der Waals surface area contributed by atoms with Gasteiger partial charge in [0.15, 0.2) is 6.61 Å². The standard InChI is InChI=1S/C11H11NO3/c1-4-5-15-10-9(11(13)14)7(2)6-8(3)12-10/h1,6H,5H2,2-3H3,(H,13,14). The molecule has 0 saturated carbocycles. The van der Waals surface area contributed by atoms with Crippen molar-refractivity contribution in [2.24, 2.45) is 0 Å². The molecule has 1 heterocycles. The number of hydrogen-bond acceptors (Lipinski definition) is 3. The molecule has 4 nitrogen and oxygen atoms in total. The van der Waals surface area contributed by atoms with Crippen LogP contribution in [0.4, 0.5) is 0 Å². The van der Waals surface area contributed by atoms with Gasteiger partial charge in [-0.3, -0.25) is 0 Å². The predicted octanol–water partition coefficient (Wildman–Crippen LogP) is 1.41. The molecule has 15 heavy (non-hydrogen) atoms. The normalized spacial score (nSPS) is 9.40. The van der Waals surface area contributed by atoms with Crippen molar-refractivity contribution in [2.75, 3.05) is 6.61 Å². The molecule has 0 aliphatic rings. The van der Waals surface area contributed by atoms with Gasteiger partial charge in [-0.05, 0) is 25.5 Å². The third-order valence-electron chi connectivity index (χ3n) is 1.82. The molecule has 0 fully saturated rings. The van der Waals surface area contributed by atoms with Crippen molar-refractivity contribution in [1.29, 1.82) is 0 Å². The van der Waals surface area contributed by atoms with Crippen LogP contribution in [0.2, 0.25) is 0 Å². The smallest absolute Gasteiger partial charge is 0.341 e. The minimum Gasteiger partial charge on any atom is -0.477 e. The maximum atomic E-state index is 10.9. The summed E-state index contributed by atoms with van der Waals surface area (Å²) < 4.78 is 5.08. The number of pyridine rings is 1. The van der Waals surface area contributed by atoms with Gasteiger partial charge in [0.1, 0.15) is 5.56 Å². The lowest BCUT2D eigenvalue weighted by Crippen LogP contribution is -2.08. The SMILES string of the molecule is C#CCOc1nc(C)cc(C)c1C(=O)O. The number of aromatic carboxylic acids is 1. The zero-order chi connectivity index (χ0) is 11.4. The molecule has 4 heteroatoms. The fourth-order valence-electron chi connectivity index (χ4n) is 1.28. The minimum absolute atomic E-state index is 0.0101. The molecule has 0 aliphatic heterocycles. The Morgan fingerprint density at radius 3 is 2.87 bits per heavy atom. The second-order valence-electron chi connectivity index (χ2n) is 3.06. The molecule has 0 bridgehead atoms. The fraction of sp³-hybridized carbons (Fsp3) is 0.273. The number of hydrogen-bond donors (Lipinski definition) is 1. The van der Waals surface area contributed by atoms with E-state index in [0.29, 0.717) is 11.3 Å². The van der Waals surface area contributed by atoms with E-state index in [9.17, 15) is 4.79 Å². The highest BCUT2D eigenvalue weighted by molar-refractivity contribution is 5.91. The Balaban J connectivity index is 3.22. The third kappa shape index (κ3) is 2.47. The van der Waals surface area contributed by atoms with Crippen LogP contribution >= 0.6 is 0 Å². The molecule has 78 valence electrons. The second-order valence-corrected chi connectivity index (χ2v) is 3.06. The lowest BCUT2D eigenvalue weighted by atomic mass is 10.1. The molecule has 0 aromatic carbocycles. The summed E-state index contributed by atoms with van der Waals surface area (Å²) in [6.45, 7) is 3.47. The summed E-state index contributed by atoms with van der Waals surface area (Å²) in [6, 6.07) is 1.69. The largest absolute Gasteiger partial charge is 0.477 e. The van der Waals surface area contributed by atoms with Crippen LogP contribution in [0.5, 0.6) is 5.88 Å². The summed E-state index contributed by atoms with van der Waals surface area (Å²) in [5.74, 6) is 1.28. The molecule has 1 aromatic heterocycles. The monoisotopic (exact) mass is 205 g/mol. The average Bonchev–Trinajstić information content (AvgIpc) is 2.12. The highest BCUT2D eigenvalue weighted by Gasteiger charge is 2.16. The third-order valence-corrected chi connectivity index (χ3v) is 1.82. The van der Waals surface area contributed by atoms with Crippen LogP contribution < -0.4 is 4.74 Å². The zero-order valence-electron chi connectivity index (χ0n) is 8.57. The van der Waals surface area contributed by atoms with Crippen LogP contribution in [-0.4, -0.2) is 22.7 Å². The first-order valence-corrected chi connectivity index (χ1v) is 4.34. The van der Waals surface area contributed by atoms with Crippen molar-refractivity contribution in [3.05, 3.63) is 22.9 Å². The number of ether oxygens (including phenoxy) is 1. The van der Waals surface area contributed by atoms with E-state index in [1.165, 1.54) is 0 Å². The molecule has 1 N–H and O–H groups in total. The Hall–Kier alpha value is -2.02. The topological polar surface area (TPSA) is 59.4 Å². The number of carboxylic acid groups (broad SMARTS) is 1. The number of aryl methyl sites for hydroxylation is 2. The molecular weight excluding hydrogens is 194 g/mol. The maximum absolute atomic E-state index is 10.9. The van der Waals surface area contributed by atoms with E-state index in [1.807, 2.05) is 0 Å². The Morgan fingerprint density at radius 2 is 2.33 bits per heavy atom. The molecule has 0 amide bonds. The van der Waals surface area contributed by atoms with Crippen LogP contribution in [0.1, 0.15) is 21.6 Å². The van der Waals surface area contributed by atoms with Crippen LogP contribution in [0.15, 0.2) is 6.07 Å². The number of aromatic nitrogens is 1. The summed E-state index contributed by atoms with van der Waals surface area (Å²) in [4.78, 5) is 14.9. The molecule has 1 rings (SSSR count). The van der Waals surface area contributed by atoms with Crippen LogP contribution in [-0.2, 0) is 0 Å². The average molecular weight is 205 g/mol. The van der Waals surface area contributed by atoms with Crippen LogP contribution in [0, 0.1) is 26.2 Å². The van der Waals surface area contributed by atoms with Crippen molar-refractivity contribution in [2.45, 2.75) is 13.8 Å². The zero-order valence-corrected chi connectivity index (χ0v) is 8.57. The molecule has 0 spiro atoms. The van der Waals surface area contributed by atoms with Gasteiger partial charge in [0.2, 0.25) is 5.88 Å². The first kappa shape index (κ1) is 11.1. The van der Waals surface area contributed by atoms with Gasteiger partial charge in [-0.2, -0.15) is 0 Å². The van der Waals surface area contributed by atoms with Crippen molar-refractivity contribution in [3.8, 4) is 18.2 Å². The van der Waals surface area contributed by atoms with E-state index in [-0.39, 0.29) is 18.1 Å². The maximum Gasteiger partial charge on any atom is 0.341 e. The van der Waals surface area contributed by atoms with Gasteiger partial charge in [-0.1, -0.05) is 5.92 Å². The number of carbonyl (C=O) groups is 1. The number of nitrogens with zero attached hydrogens (tertiary/aromatic N) is 1. The van der Waals surface area contributed by atoms with Gasteiger partial charge >= 0.3 is 5.97 Å². The highest BCUT2D eigenvalue weighted by Crippen LogP contribution is 2.20. The Morgan fingerprint density at radius 1 is 1.67 bits per heavy atom. The first-order valence-electron chi connectivity index (χ1n) is 4.34. The molecule has 0 unspecified atom stereocenters. The Bertz CT molecular complexity index is 432. The molecule has 0 atom stereocenters. The molecule has 0 radical (unpaired) electrons. The highest BCUT2D eigenvalue weighted by atomic mass is 16.5. The minimum atomic E-state index is -1.06. The summed E-state index contributed by atoms with van der Waals surface area (Å²) in [5.41, 5.74) is 1.38. The molecule has 0 aliphatic carbocycles. The Labute approximate surface area is 87.9 Å². The van der Waals surface area contributed by atoms with Crippen molar-refractivity contribution in [1.82, 2.24) is 4.98 Å². The predicted molar refractivity (Wildman–Crippen MR) is 55.0 cm³/mol. The van der Waals surface area contributed by atoms with Gasteiger partial charge in [0.25, 0.3) is 0 Å².